The van der Waals surface area contributed by atoms with Crippen LogP contribution in [0.2, 0.25) is 0 Å². The molecule has 2 fully saturated rings. The summed E-state index contributed by atoms with van der Waals surface area (Å²) in [5.74, 6) is 6.54. The van der Waals surface area contributed by atoms with Gasteiger partial charge in [-0.25, -0.2) is 4.79 Å². The van der Waals surface area contributed by atoms with E-state index >= 15 is 0 Å². The highest BCUT2D eigenvalue weighted by atomic mass is 16.5. The first-order valence-electron chi connectivity index (χ1n) is 14.1. The van der Waals surface area contributed by atoms with Crippen molar-refractivity contribution in [1.29, 1.82) is 0 Å². The fourth-order valence-electron chi connectivity index (χ4n) is 4.73. The number of carbonyl (C=O) groups excluding carboxylic acids is 3. The van der Waals surface area contributed by atoms with E-state index in [-0.39, 0.29) is 5.91 Å². The molecule has 0 saturated carbocycles. The van der Waals surface area contributed by atoms with Crippen LogP contribution < -0.4 is 15.4 Å². The van der Waals surface area contributed by atoms with E-state index in [4.69, 9.17) is 4.74 Å². The molecule has 42 heavy (non-hydrogen) atoms. The highest BCUT2D eigenvalue weighted by molar-refractivity contribution is 6.06. The highest BCUT2D eigenvalue weighted by Crippen LogP contribution is 2.25. The summed E-state index contributed by atoms with van der Waals surface area (Å²) < 4.78 is 5.05. The van der Waals surface area contributed by atoms with E-state index in [9.17, 15) is 19.6 Å². The summed E-state index contributed by atoms with van der Waals surface area (Å²) in [6.45, 7) is 8.42. The second-order valence-electron chi connectivity index (χ2n) is 9.85. The van der Waals surface area contributed by atoms with E-state index < -0.39 is 18.0 Å². The SMILES string of the molecule is CC.CN1CCCN(/C(=N\O)c2ccc(C#C[C@@H]3NC(=O)NC3=O)cc2)CCC1.COc1ccc2c(c1)C(=O)N(C)C2. The molecule has 0 unspecified atom stereocenters. The second-order valence-corrected chi connectivity index (χ2v) is 9.85. The van der Waals surface area contributed by atoms with Crippen LogP contribution in [-0.4, -0.2) is 97.0 Å². The summed E-state index contributed by atoms with van der Waals surface area (Å²) in [6, 6.07) is 11.6. The Kier molecular flexibility index (Phi) is 11.8. The Morgan fingerprint density at radius 1 is 1.00 bits per heavy atom. The first-order valence-corrected chi connectivity index (χ1v) is 14.1. The van der Waals surface area contributed by atoms with Crippen molar-refractivity contribution in [2.45, 2.75) is 39.3 Å². The Morgan fingerprint density at radius 3 is 2.24 bits per heavy atom. The van der Waals surface area contributed by atoms with Crippen LogP contribution in [0.3, 0.4) is 0 Å². The van der Waals surface area contributed by atoms with Crippen LogP contribution in [0.5, 0.6) is 5.75 Å². The number of nitrogens with one attached hydrogen (secondary N) is 2. The van der Waals surface area contributed by atoms with Gasteiger partial charge in [-0.1, -0.05) is 36.9 Å². The van der Waals surface area contributed by atoms with Crippen molar-refractivity contribution in [2.75, 3.05) is 47.4 Å². The molecule has 0 spiro atoms. The van der Waals surface area contributed by atoms with Gasteiger partial charge in [0.1, 0.15) is 5.75 Å². The van der Waals surface area contributed by atoms with Crippen LogP contribution in [0, 0.1) is 11.8 Å². The number of imide groups is 1. The van der Waals surface area contributed by atoms with Crippen molar-refractivity contribution >= 4 is 23.7 Å². The van der Waals surface area contributed by atoms with Crippen LogP contribution in [0.15, 0.2) is 47.6 Å². The molecule has 224 valence electrons. The van der Waals surface area contributed by atoms with Gasteiger partial charge in [0.25, 0.3) is 11.8 Å². The molecule has 0 radical (unpaired) electrons. The minimum absolute atomic E-state index is 0.0777. The van der Waals surface area contributed by atoms with Crippen LogP contribution in [0.4, 0.5) is 4.79 Å². The lowest BCUT2D eigenvalue weighted by atomic mass is 10.1. The summed E-state index contributed by atoms with van der Waals surface area (Å²) >= 11 is 0. The summed E-state index contributed by atoms with van der Waals surface area (Å²) in [5, 5.41) is 17.6. The van der Waals surface area contributed by atoms with Gasteiger partial charge in [0, 0.05) is 43.4 Å². The zero-order chi connectivity index (χ0) is 30.6. The van der Waals surface area contributed by atoms with Gasteiger partial charge >= 0.3 is 6.03 Å². The number of benzene rings is 2. The molecule has 1 atom stereocenters. The quantitative estimate of drug-likeness (QED) is 0.125. The van der Waals surface area contributed by atoms with Crippen LogP contribution in [0.25, 0.3) is 0 Å². The molecule has 3 heterocycles. The average Bonchev–Trinajstić information content (AvgIpc) is 3.47. The Labute approximate surface area is 247 Å². The number of carbonyl (C=O) groups is 3. The normalized spacial score (nSPS) is 18.5. The smallest absolute Gasteiger partial charge is 0.322 e. The Bertz CT molecular complexity index is 1340. The van der Waals surface area contributed by atoms with Crippen LogP contribution >= 0.6 is 0 Å². The van der Waals surface area contributed by atoms with Gasteiger partial charge in [-0.3, -0.25) is 14.9 Å². The number of fused-ring (bicyclic) bond motifs is 1. The summed E-state index contributed by atoms with van der Waals surface area (Å²) in [5.41, 5.74) is 3.36. The molecule has 2 aromatic rings. The molecule has 0 aromatic heterocycles. The summed E-state index contributed by atoms with van der Waals surface area (Å²) in [7, 11) is 5.52. The van der Waals surface area contributed by atoms with Gasteiger partial charge < -0.3 is 30.0 Å². The molecule has 4 amide bonds. The first kappa shape index (κ1) is 32.0. The standard InChI is InChI=1S/C19H23N5O3.C10H11NO2.C2H6/c1-23-10-2-12-24(13-3-11-23)17(22-27)15-7-4-14(5-8-15)6-9-16-18(25)21-19(26)20-16;1-11-6-7-3-4-8(13-2)5-9(7)10(11)12;1-2/h4-5,7-8,16,27H,2-3,10-13H2,1H3,(H2,20,21,25,26);3-5H,6H2,1-2H3;1-2H3/b22-17-;;/t16-;;/m0../s1. The molecule has 11 heteroatoms. The van der Waals surface area contributed by atoms with Crippen LogP contribution in [-0.2, 0) is 11.3 Å². The van der Waals surface area contributed by atoms with Crippen molar-refractivity contribution in [3.63, 3.8) is 0 Å². The van der Waals surface area contributed by atoms with Crippen LogP contribution in [0.1, 0.15) is 53.7 Å². The third-order valence-electron chi connectivity index (χ3n) is 6.91. The maximum atomic E-state index is 11.5. The second kappa shape index (κ2) is 15.4. The lowest BCUT2D eigenvalue weighted by molar-refractivity contribution is -0.119. The summed E-state index contributed by atoms with van der Waals surface area (Å²) in [6.07, 6.45) is 2.02. The van der Waals surface area contributed by atoms with Crippen molar-refractivity contribution in [3.05, 3.63) is 64.7 Å². The molecule has 11 nitrogen and oxygen atoms in total. The molecular formula is C31H40N6O5. The largest absolute Gasteiger partial charge is 0.497 e. The molecule has 0 aliphatic carbocycles. The fourth-order valence-corrected chi connectivity index (χ4v) is 4.73. The number of nitrogens with zero attached hydrogens (tertiary/aromatic N) is 4. The van der Waals surface area contributed by atoms with Gasteiger partial charge in [0.05, 0.1) is 7.11 Å². The highest BCUT2D eigenvalue weighted by Gasteiger charge is 2.27. The average molecular weight is 577 g/mol. The number of oxime groups is 1. The molecule has 2 saturated heterocycles. The maximum absolute atomic E-state index is 11.5. The third kappa shape index (κ3) is 8.24. The number of hydrogen-bond acceptors (Lipinski definition) is 7. The minimum atomic E-state index is -0.828. The number of hydrogen-bond donors (Lipinski definition) is 3. The fraction of sp³-hybridized carbons (Fsp3) is 0.419. The molecule has 3 aliphatic rings. The molecular weight excluding hydrogens is 536 g/mol. The van der Waals surface area contributed by atoms with Crippen molar-refractivity contribution in [2.24, 2.45) is 5.16 Å². The molecule has 3 aliphatic heterocycles. The lowest BCUT2D eigenvalue weighted by Crippen LogP contribution is -2.39. The zero-order valence-corrected chi connectivity index (χ0v) is 24.9. The van der Waals surface area contributed by atoms with Crippen molar-refractivity contribution in [1.82, 2.24) is 25.3 Å². The Morgan fingerprint density at radius 2 is 1.67 bits per heavy atom. The van der Waals surface area contributed by atoms with E-state index in [1.54, 1.807) is 37.3 Å². The van der Waals surface area contributed by atoms with E-state index in [1.807, 2.05) is 38.1 Å². The molecule has 0 bridgehead atoms. The molecule has 2 aromatic carbocycles. The maximum Gasteiger partial charge on any atom is 0.322 e. The Balaban J connectivity index is 0.000000269. The van der Waals surface area contributed by atoms with E-state index in [2.05, 4.69) is 44.5 Å². The van der Waals surface area contributed by atoms with Gasteiger partial charge in [-0.15, -0.1) is 0 Å². The van der Waals surface area contributed by atoms with Gasteiger partial charge in [-0.2, -0.15) is 0 Å². The van der Waals surface area contributed by atoms with Crippen molar-refractivity contribution < 1.29 is 24.3 Å². The summed E-state index contributed by atoms with van der Waals surface area (Å²) in [4.78, 5) is 40.2. The van der Waals surface area contributed by atoms with E-state index in [0.717, 1.165) is 61.5 Å². The molecule has 5 rings (SSSR count). The molecule has 3 N–H and O–H groups in total. The number of methoxy groups -OCH3 is 1. The number of ether oxygens (including phenoxy) is 1. The predicted molar refractivity (Wildman–Crippen MR) is 161 cm³/mol. The third-order valence-corrected chi connectivity index (χ3v) is 6.91. The predicted octanol–water partition coefficient (Wildman–Crippen LogP) is 2.72. The minimum Gasteiger partial charge on any atom is -0.497 e. The topological polar surface area (TPSA) is 127 Å². The van der Waals surface area contributed by atoms with E-state index in [0.29, 0.717) is 17.9 Å². The number of rotatable bonds is 2. The number of amidine groups is 1. The van der Waals surface area contributed by atoms with Gasteiger partial charge in [0.15, 0.2) is 11.9 Å². The van der Waals surface area contributed by atoms with Gasteiger partial charge in [-0.05, 0) is 74.9 Å². The van der Waals surface area contributed by atoms with E-state index in [1.165, 1.54) is 0 Å². The zero-order valence-electron chi connectivity index (χ0n) is 24.9. The van der Waals surface area contributed by atoms with Crippen molar-refractivity contribution in [3.8, 4) is 17.6 Å². The number of amides is 4. The monoisotopic (exact) mass is 576 g/mol. The van der Waals surface area contributed by atoms with Gasteiger partial charge in [0.2, 0.25) is 0 Å². The first-order chi connectivity index (χ1) is 20.3. The lowest BCUT2D eigenvalue weighted by Gasteiger charge is -2.30. The Hall–Kier alpha value is -4.56. The number of urea groups is 1.